The summed E-state index contributed by atoms with van der Waals surface area (Å²) in [6.07, 6.45) is 2.49. The van der Waals surface area contributed by atoms with E-state index in [4.69, 9.17) is 4.74 Å². The molecule has 4 aromatic rings. The number of ether oxygens (including phenoxy) is 1. The largest absolute Gasteiger partial charge is 0.459 e. The van der Waals surface area contributed by atoms with E-state index in [0.29, 0.717) is 10.9 Å². The molecular weight excluding hydrogens is 482 g/mol. The summed E-state index contributed by atoms with van der Waals surface area (Å²) >= 11 is 0. The summed E-state index contributed by atoms with van der Waals surface area (Å²) < 4.78 is 8.52. The molecule has 0 saturated carbocycles. The normalized spacial score (nSPS) is 11.3. The number of fused-ring (bicyclic) bond motifs is 3. The summed E-state index contributed by atoms with van der Waals surface area (Å²) in [4.78, 5) is 48.3. The van der Waals surface area contributed by atoms with Crippen LogP contribution in [-0.2, 0) is 36.1 Å². The van der Waals surface area contributed by atoms with Crippen molar-refractivity contribution in [1.29, 1.82) is 0 Å². The van der Waals surface area contributed by atoms with E-state index in [9.17, 15) is 14.4 Å². The molecule has 0 aliphatic heterocycles. The van der Waals surface area contributed by atoms with Gasteiger partial charge in [-0.05, 0) is 51.3 Å². The van der Waals surface area contributed by atoms with Gasteiger partial charge in [0.25, 0.3) is 11.5 Å². The minimum atomic E-state index is -0.724. The number of hydrogen-bond donors (Lipinski definition) is 1. The fraction of sp³-hybridized carbons (Fsp3) is 0.414. The van der Waals surface area contributed by atoms with Crippen LogP contribution >= 0.6 is 0 Å². The molecule has 0 spiro atoms. The number of aromatic nitrogens is 4. The molecule has 202 valence electrons. The van der Waals surface area contributed by atoms with Crippen LogP contribution in [-0.4, -0.2) is 36.6 Å². The highest BCUT2D eigenvalue weighted by atomic mass is 16.6. The van der Waals surface area contributed by atoms with Crippen LogP contribution in [0, 0.1) is 6.92 Å². The third-order valence-electron chi connectivity index (χ3n) is 6.01. The minimum Gasteiger partial charge on any atom is -0.459 e. The van der Waals surface area contributed by atoms with Crippen molar-refractivity contribution < 1.29 is 14.3 Å². The Morgan fingerprint density at radius 3 is 2.32 bits per heavy atom. The monoisotopic (exact) mass is 519 g/mol. The van der Waals surface area contributed by atoms with Gasteiger partial charge in [0, 0.05) is 19.0 Å². The molecule has 9 nitrogen and oxygen atoms in total. The highest BCUT2D eigenvalue weighted by Gasteiger charge is 2.23. The lowest BCUT2D eigenvalue weighted by Crippen LogP contribution is -2.36. The van der Waals surface area contributed by atoms with E-state index in [-0.39, 0.29) is 24.3 Å². The number of hydrogen-bond acceptors (Lipinski definition) is 6. The van der Waals surface area contributed by atoms with Crippen LogP contribution in [0.4, 0.5) is 0 Å². The Bertz CT molecular complexity index is 1530. The first-order chi connectivity index (χ1) is 18.0. The summed E-state index contributed by atoms with van der Waals surface area (Å²) in [6, 6.07) is 9.46. The van der Waals surface area contributed by atoms with Crippen LogP contribution in [0.1, 0.15) is 68.9 Å². The standard InChI is InChI=1S/C27H31N5O4.C2H6/c1-7-17-8-10-18(11-9-17)13-29-25(34)20-12-19-23-21(30-16(2)31(23)6)14-28-24(19)32(26(20)35)15-22(33)36-27(3,4)5;1-2/h8-12,14H,7,13,15H2,1-6H3,(H,29,34);1-2H3. The van der Waals surface area contributed by atoms with Gasteiger partial charge in [-0.1, -0.05) is 45.0 Å². The van der Waals surface area contributed by atoms with Gasteiger partial charge in [0.05, 0.1) is 11.7 Å². The van der Waals surface area contributed by atoms with Crippen molar-refractivity contribution in [2.75, 3.05) is 0 Å². The van der Waals surface area contributed by atoms with Crippen molar-refractivity contribution in [3.05, 3.63) is 69.4 Å². The van der Waals surface area contributed by atoms with E-state index in [0.717, 1.165) is 23.3 Å². The molecule has 0 aliphatic carbocycles. The van der Waals surface area contributed by atoms with Crippen LogP contribution in [0.25, 0.3) is 22.1 Å². The zero-order valence-corrected chi connectivity index (χ0v) is 23.5. The Kier molecular flexibility index (Phi) is 8.70. The van der Waals surface area contributed by atoms with Gasteiger partial charge in [-0.25, -0.2) is 9.97 Å². The number of aryl methyl sites for hydroxylation is 3. The maximum atomic E-state index is 13.5. The van der Waals surface area contributed by atoms with E-state index in [2.05, 4.69) is 22.2 Å². The highest BCUT2D eigenvalue weighted by Crippen LogP contribution is 2.24. The average molecular weight is 520 g/mol. The van der Waals surface area contributed by atoms with Gasteiger partial charge >= 0.3 is 5.97 Å². The molecular formula is C29H37N5O4. The molecule has 3 aromatic heterocycles. The van der Waals surface area contributed by atoms with Gasteiger partial charge in [0.1, 0.15) is 34.7 Å². The molecule has 1 N–H and O–H groups in total. The van der Waals surface area contributed by atoms with E-state index >= 15 is 0 Å². The Hall–Kier alpha value is -4.01. The summed E-state index contributed by atoms with van der Waals surface area (Å²) in [7, 11) is 1.85. The predicted molar refractivity (Wildman–Crippen MR) is 149 cm³/mol. The topological polar surface area (TPSA) is 108 Å². The number of rotatable bonds is 6. The van der Waals surface area contributed by atoms with Gasteiger partial charge in [0.15, 0.2) is 0 Å². The fourth-order valence-electron chi connectivity index (χ4n) is 4.12. The minimum absolute atomic E-state index is 0.0793. The van der Waals surface area contributed by atoms with Gasteiger partial charge in [-0.2, -0.15) is 0 Å². The molecule has 0 atom stereocenters. The fourth-order valence-corrected chi connectivity index (χ4v) is 4.12. The zero-order chi connectivity index (χ0) is 28.2. The second-order valence-electron chi connectivity index (χ2n) is 9.84. The maximum Gasteiger partial charge on any atom is 0.326 e. The molecule has 1 aromatic carbocycles. The van der Waals surface area contributed by atoms with Crippen molar-refractivity contribution in [3.63, 3.8) is 0 Å². The van der Waals surface area contributed by atoms with E-state index in [1.165, 1.54) is 16.2 Å². The lowest BCUT2D eigenvalue weighted by molar-refractivity contribution is -0.155. The first-order valence-corrected chi connectivity index (χ1v) is 12.9. The van der Waals surface area contributed by atoms with E-state index < -0.39 is 23.0 Å². The van der Waals surface area contributed by atoms with Crippen LogP contribution in [0.15, 0.2) is 41.3 Å². The quantitative estimate of drug-likeness (QED) is 0.377. The molecule has 0 saturated heterocycles. The average Bonchev–Trinajstić information content (AvgIpc) is 3.17. The number of imidazole rings is 1. The number of carbonyl (C=O) groups excluding carboxylic acids is 2. The van der Waals surface area contributed by atoms with Crippen LogP contribution in [0.3, 0.4) is 0 Å². The summed E-state index contributed by atoms with van der Waals surface area (Å²) in [5.74, 6) is -0.372. The van der Waals surface area contributed by atoms with Gasteiger partial charge < -0.3 is 14.6 Å². The molecule has 0 fully saturated rings. The maximum absolute atomic E-state index is 13.5. The smallest absolute Gasteiger partial charge is 0.326 e. The number of amides is 1. The molecule has 0 radical (unpaired) electrons. The number of nitrogens with zero attached hydrogens (tertiary/aromatic N) is 4. The molecule has 0 aliphatic rings. The number of nitrogens with one attached hydrogen (secondary N) is 1. The van der Waals surface area contributed by atoms with E-state index in [1.54, 1.807) is 27.0 Å². The number of benzene rings is 1. The summed E-state index contributed by atoms with van der Waals surface area (Å²) in [5.41, 5.74) is 2.34. The summed E-state index contributed by atoms with van der Waals surface area (Å²) in [5, 5.41) is 3.39. The van der Waals surface area contributed by atoms with Gasteiger partial charge in [-0.3, -0.25) is 19.0 Å². The lowest BCUT2D eigenvalue weighted by atomic mass is 10.1. The van der Waals surface area contributed by atoms with Crippen molar-refractivity contribution in [3.8, 4) is 0 Å². The Morgan fingerprint density at radius 1 is 1.08 bits per heavy atom. The Morgan fingerprint density at radius 2 is 1.71 bits per heavy atom. The van der Waals surface area contributed by atoms with Crippen LogP contribution in [0.2, 0.25) is 0 Å². The van der Waals surface area contributed by atoms with Crippen molar-refractivity contribution in [1.82, 2.24) is 24.4 Å². The van der Waals surface area contributed by atoms with Crippen LogP contribution in [0.5, 0.6) is 0 Å². The zero-order valence-electron chi connectivity index (χ0n) is 23.5. The molecule has 1 amide bonds. The summed E-state index contributed by atoms with van der Waals surface area (Å²) in [6.45, 7) is 13.1. The molecule has 0 unspecified atom stereocenters. The Balaban J connectivity index is 0.00000195. The predicted octanol–water partition coefficient (Wildman–Crippen LogP) is 4.45. The molecule has 3 heterocycles. The van der Waals surface area contributed by atoms with Gasteiger partial charge in [0.2, 0.25) is 0 Å². The first kappa shape index (κ1) is 28.6. The lowest BCUT2D eigenvalue weighted by Gasteiger charge is -2.20. The highest BCUT2D eigenvalue weighted by molar-refractivity contribution is 6.05. The van der Waals surface area contributed by atoms with E-state index in [1.807, 2.05) is 56.7 Å². The second kappa shape index (κ2) is 11.6. The second-order valence-corrected chi connectivity index (χ2v) is 9.84. The SMILES string of the molecule is CC.CCc1ccc(CNC(=O)c2cc3c4c(cnc3n(CC(=O)OC(C)(C)C)c2=O)nc(C)n4C)cc1. The van der Waals surface area contributed by atoms with Gasteiger partial charge in [-0.15, -0.1) is 0 Å². The molecule has 38 heavy (non-hydrogen) atoms. The van der Waals surface area contributed by atoms with Crippen LogP contribution < -0.4 is 10.9 Å². The third kappa shape index (κ3) is 6.10. The molecule has 0 bridgehead atoms. The molecule has 4 rings (SSSR count). The number of pyridine rings is 2. The first-order valence-electron chi connectivity index (χ1n) is 12.9. The number of carbonyl (C=O) groups is 2. The third-order valence-corrected chi connectivity index (χ3v) is 6.01. The Labute approximate surface area is 222 Å². The van der Waals surface area contributed by atoms with Crippen molar-refractivity contribution in [2.24, 2.45) is 7.05 Å². The van der Waals surface area contributed by atoms with Crippen molar-refractivity contribution in [2.45, 2.75) is 73.6 Å². The van der Waals surface area contributed by atoms with Crippen molar-refractivity contribution >= 4 is 33.9 Å². The number of esters is 1. The molecule has 9 heteroatoms.